The van der Waals surface area contributed by atoms with Gasteiger partial charge in [0.05, 0.1) is 17.7 Å². The van der Waals surface area contributed by atoms with E-state index in [0.29, 0.717) is 11.4 Å². The average molecular weight is 726 g/mol. The van der Waals surface area contributed by atoms with Crippen LogP contribution in [0.5, 0.6) is 5.75 Å². The van der Waals surface area contributed by atoms with Gasteiger partial charge < -0.3 is 15.0 Å². The second-order valence-corrected chi connectivity index (χ2v) is 13.7. The molecule has 0 heterocycles. The number of sulfonamides is 1. The monoisotopic (exact) mass is 725 g/mol. The van der Waals surface area contributed by atoms with Gasteiger partial charge in [-0.25, -0.2) is 8.42 Å². The van der Waals surface area contributed by atoms with Crippen molar-refractivity contribution in [3.63, 3.8) is 0 Å². The number of hydrogen-bond donors (Lipinski definition) is 1. The number of halogens is 1. The number of carbonyl (C=O) groups is 2. The van der Waals surface area contributed by atoms with E-state index >= 15 is 0 Å². The summed E-state index contributed by atoms with van der Waals surface area (Å²) in [6.07, 6.45) is 0.240. The summed E-state index contributed by atoms with van der Waals surface area (Å²) in [6.45, 7) is 3.26. The van der Waals surface area contributed by atoms with Crippen LogP contribution >= 0.6 is 22.6 Å². The first-order valence-electron chi connectivity index (χ1n) is 14.2. The Morgan fingerprint density at radius 1 is 0.841 bits per heavy atom. The number of anilines is 1. The topological polar surface area (TPSA) is 96.0 Å². The molecule has 1 unspecified atom stereocenters. The Morgan fingerprint density at radius 3 is 2.07 bits per heavy atom. The summed E-state index contributed by atoms with van der Waals surface area (Å²) >= 11 is 2.14. The summed E-state index contributed by atoms with van der Waals surface area (Å²) in [7, 11) is -2.58. The highest BCUT2D eigenvalue weighted by Gasteiger charge is 2.34. The van der Waals surface area contributed by atoms with Crippen molar-refractivity contribution in [3.05, 3.63) is 124 Å². The summed E-state index contributed by atoms with van der Waals surface area (Å²) in [4.78, 5) is 29.8. The van der Waals surface area contributed by atoms with E-state index in [-0.39, 0.29) is 29.8 Å². The van der Waals surface area contributed by atoms with E-state index in [4.69, 9.17) is 4.74 Å². The van der Waals surface area contributed by atoms with E-state index in [9.17, 15) is 18.0 Å². The zero-order valence-electron chi connectivity index (χ0n) is 24.9. The molecule has 1 N–H and O–H groups in total. The largest absolute Gasteiger partial charge is 0.497 e. The normalized spacial score (nSPS) is 11.9. The van der Waals surface area contributed by atoms with Crippen LogP contribution in [0.4, 0.5) is 5.69 Å². The van der Waals surface area contributed by atoms with Crippen molar-refractivity contribution >= 4 is 50.1 Å². The molecule has 0 aromatic heterocycles. The molecule has 4 aromatic carbocycles. The molecular weight excluding hydrogens is 689 g/mol. The van der Waals surface area contributed by atoms with Gasteiger partial charge in [0.25, 0.3) is 10.0 Å². The Labute approximate surface area is 273 Å². The molecule has 8 nitrogen and oxygen atoms in total. The number of benzene rings is 4. The third-order valence-corrected chi connectivity index (χ3v) is 9.42. The highest BCUT2D eigenvalue weighted by atomic mass is 127. The maximum Gasteiger partial charge on any atom is 0.264 e. The molecule has 4 rings (SSSR count). The van der Waals surface area contributed by atoms with Crippen molar-refractivity contribution in [3.8, 4) is 5.75 Å². The molecule has 0 aliphatic heterocycles. The molecule has 0 fully saturated rings. The number of ether oxygens (including phenoxy) is 1. The second-order valence-electron chi connectivity index (χ2n) is 10.5. The number of rotatable bonds is 13. The van der Waals surface area contributed by atoms with Crippen molar-refractivity contribution < 1.29 is 22.7 Å². The zero-order chi connectivity index (χ0) is 31.7. The summed E-state index contributed by atoms with van der Waals surface area (Å²) < 4.78 is 35.5. The van der Waals surface area contributed by atoms with E-state index in [1.807, 2.05) is 56.3 Å². The molecular formula is C34H36IN3O5S. The van der Waals surface area contributed by atoms with Crippen molar-refractivity contribution in [1.29, 1.82) is 0 Å². The quantitative estimate of drug-likeness (QED) is 0.180. The van der Waals surface area contributed by atoms with Crippen molar-refractivity contribution in [1.82, 2.24) is 10.2 Å². The first-order valence-corrected chi connectivity index (χ1v) is 16.7. The fraction of sp³-hybridized carbons (Fsp3) is 0.235. The van der Waals surface area contributed by atoms with Gasteiger partial charge in [-0.2, -0.15) is 0 Å². The van der Waals surface area contributed by atoms with Crippen LogP contribution in [-0.4, -0.2) is 50.9 Å². The summed E-state index contributed by atoms with van der Waals surface area (Å²) in [5.74, 6) is -0.245. The van der Waals surface area contributed by atoms with Gasteiger partial charge in [-0.1, -0.05) is 60.7 Å². The van der Waals surface area contributed by atoms with E-state index in [2.05, 4.69) is 27.9 Å². The summed E-state index contributed by atoms with van der Waals surface area (Å²) in [6, 6.07) is 30.6. The molecule has 0 saturated heterocycles. The Kier molecular flexibility index (Phi) is 11.4. The van der Waals surface area contributed by atoms with Gasteiger partial charge in [0.15, 0.2) is 0 Å². The lowest BCUT2D eigenvalue weighted by atomic mass is 10.0. The lowest BCUT2D eigenvalue weighted by molar-refractivity contribution is -0.140. The van der Waals surface area contributed by atoms with Crippen molar-refractivity contribution in [2.45, 2.75) is 43.8 Å². The summed E-state index contributed by atoms with van der Waals surface area (Å²) in [5.41, 5.74) is 1.95. The minimum Gasteiger partial charge on any atom is -0.497 e. The Hall–Kier alpha value is -3.90. The lowest BCUT2D eigenvalue weighted by Gasteiger charge is -2.34. The fourth-order valence-corrected chi connectivity index (χ4v) is 6.55. The highest BCUT2D eigenvalue weighted by Crippen LogP contribution is 2.26. The maximum atomic E-state index is 14.5. The minimum absolute atomic E-state index is 0.0593. The molecule has 44 heavy (non-hydrogen) atoms. The first-order chi connectivity index (χ1) is 21.1. The van der Waals surface area contributed by atoms with Gasteiger partial charge in [-0.05, 0) is 96.1 Å². The number of carbonyl (C=O) groups excluding carboxylic acids is 2. The molecule has 0 bridgehead atoms. The molecule has 230 valence electrons. The number of nitrogens with one attached hydrogen (secondary N) is 1. The molecule has 1 atom stereocenters. The van der Waals surface area contributed by atoms with E-state index in [0.717, 1.165) is 19.0 Å². The van der Waals surface area contributed by atoms with Gasteiger partial charge >= 0.3 is 0 Å². The van der Waals surface area contributed by atoms with Gasteiger partial charge in [0.1, 0.15) is 18.3 Å². The fourth-order valence-electron chi connectivity index (χ4n) is 4.76. The maximum absolute atomic E-state index is 14.5. The van der Waals surface area contributed by atoms with Gasteiger partial charge in [0.2, 0.25) is 11.8 Å². The molecule has 0 spiro atoms. The van der Waals surface area contributed by atoms with E-state index < -0.39 is 28.5 Å². The third kappa shape index (κ3) is 8.60. The Bertz CT molecular complexity index is 1650. The Balaban J connectivity index is 1.80. The van der Waals surface area contributed by atoms with Crippen molar-refractivity contribution in [2.24, 2.45) is 0 Å². The molecule has 2 amide bonds. The Morgan fingerprint density at radius 2 is 1.45 bits per heavy atom. The van der Waals surface area contributed by atoms with Crippen LogP contribution in [0.15, 0.2) is 114 Å². The van der Waals surface area contributed by atoms with Crippen LogP contribution in [0.2, 0.25) is 0 Å². The van der Waals surface area contributed by atoms with Crippen LogP contribution in [0.3, 0.4) is 0 Å². The summed E-state index contributed by atoms with van der Waals surface area (Å²) in [5, 5.41) is 2.96. The predicted octanol–water partition coefficient (Wildman–Crippen LogP) is 5.66. The number of amides is 2. The average Bonchev–Trinajstić information content (AvgIpc) is 3.02. The number of nitrogens with zero attached hydrogens (tertiary/aromatic N) is 2. The molecule has 4 aromatic rings. The van der Waals surface area contributed by atoms with E-state index in [1.165, 1.54) is 17.0 Å². The van der Waals surface area contributed by atoms with Crippen LogP contribution < -0.4 is 14.4 Å². The van der Waals surface area contributed by atoms with Crippen LogP contribution in [-0.2, 0) is 32.6 Å². The molecule has 10 heteroatoms. The molecule has 0 aliphatic rings. The standard InChI is InChI=1S/C34H36IN3O5S/c1-25(2)36-34(40)32(22-26-11-6-4-7-12-26)37(23-27-13-10-14-30(21-27)43-3)33(39)24-38(29-19-17-28(35)18-20-29)44(41,42)31-15-8-5-9-16-31/h4-21,25,32H,22-24H2,1-3H3,(H,36,40). The molecule has 0 aliphatic carbocycles. The number of methoxy groups -OCH3 is 1. The SMILES string of the molecule is COc1cccc(CN(C(=O)CN(c2ccc(I)cc2)S(=O)(=O)c2ccccc2)C(Cc2ccccc2)C(=O)NC(C)C)c1. The van der Waals surface area contributed by atoms with Crippen LogP contribution in [0, 0.1) is 3.57 Å². The smallest absolute Gasteiger partial charge is 0.264 e. The zero-order valence-corrected chi connectivity index (χ0v) is 27.9. The van der Waals surface area contributed by atoms with Crippen LogP contribution in [0.1, 0.15) is 25.0 Å². The second kappa shape index (κ2) is 15.2. The van der Waals surface area contributed by atoms with Crippen LogP contribution in [0.25, 0.3) is 0 Å². The van der Waals surface area contributed by atoms with Gasteiger partial charge in [-0.3, -0.25) is 13.9 Å². The highest BCUT2D eigenvalue weighted by molar-refractivity contribution is 14.1. The van der Waals surface area contributed by atoms with Gasteiger partial charge in [0, 0.05) is 22.6 Å². The third-order valence-electron chi connectivity index (χ3n) is 6.91. The van der Waals surface area contributed by atoms with E-state index in [1.54, 1.807) is 61.7 Å². The van der Waals surface area contributed by atoms with Gasteiger partial charge in [-0.15, -0.1) is 0 Å². The first kappa shape index (κ1) is 33.0. The van der Waals surface area contributed by atoms with Crippen molar-refractivity contribution in [2.75, 3.05) is 18.0 Å². The number of hydrogen-bond acceptors (Lipinski definition) is 5. The lowest BCUT2D eigenvalue weighted by Crippen LogP contribution is -2.54. The molecule has 0 saturated carbocycles. The minimum atomic E-state index is -4.14. The predicted molar refractivity (Wildman–Crippen MR) is 181 cm³/mol. The molecule has 0 radical (unpaired) electrons.